The van der Waals surface area contributed by atoms with E-state index in [0.717, 1.165) is 19.2 Å². The largest absolute Gasteiger partial charge is 0.497 e. The van der Waals surface area contributed by atoms with Crippen LogP contribution in [0.2, 0.25) is 0 Å². The summed E-state index contributed by atoms with van der Waals surface area (Å²) in [4.78, 5) is 65.0. The third-order valence-electron chi connectivity index (χ3n) is 13.1. The molecule has 6 rings (SSSR count). The Morgan fingerprint density at radius 2 is 1.82 bits per heavy atom. The Hall–Kier alpha value is -4.81. The molecule has 4 aliphatic rings. The van der Waals surface area contributed by atoms with Crippen molar-refractivity contribution in [1.82, 2.24) is 25.2 Å². The summed E-state index contributed by atoms with van der Waals surface area (Å²) in [5.41, 5.74) is -3.99. The number of fused-ring (bicyclic) bond motifs is 3. The maximum absolute atomic E-state index is 15.0. The van der Waals surface area contributed by atoms with Gasteiger partial charge in [-0.15, -0.1) is 0 Å². The second kappa shape index (κ2) is 17.4. The highest BCUT2D eigenvalue weighted by atomic mass is 32.2. The van der Waals surface area contributed by atoms with Gasteiger partial charge in [-0.25, -0.2) is 26.4 Å². The van der Waals surface area contributed by atoms with Crippen LogP contribution in [-0.2, 0) is 29.1 Å². The fourth-order valence-corrected chi connectivity index (χ4v) is 9.58. The van der Waals surface area contributed by atoms with Crippen LogP contribution in [0.5, 0.6) is 11.6 Å². The fraction of sp³-hybridized carbons (Fsp3) is 0.651. The predicted octanol–water partition coefficient (Wildman–Crippen LogP) is 5.41. The number of halogens is 3. The van der Waals surface area contributed by atoms with E-state index in [9.17, 15) is 40.8 Å². The molecule has 0 radical (unpaired) electrons. The quantitative estimate of drug-likeness (QED) is 0.232. The van der Waals surface area contributed by atoms with Crippen molar-refractivity contribution in [3.63, 3.8) is 0 Å². The smallest absolute Gasteiger partial charge is 0.408 e. The van der Waals surface area contributed by atoms with E-state index in [1.807, 2.05) is 44.0 Å². The van der Waals surface area contributed by atoms with Crippen molar-refractivity contribution in [3.8, 4) is 11.6 Å². The van der Waals surface area contributed by atoms with Gasteiger partial charge in [0.2, 0.25) is 27.7 Å². The number of methoxy groups -OCH3 is 1. The predicted molar refractivity (Wildman–Crippen MR) is 225 cm³/mol. The second-order valence-electron chi connectivity index (χ2n) is 18.1. The highest BCUT2D eigenvalue weighted by Gasteiger charge is 2.64. The van der Waals surface area contributed by atoms with Crippen LogP contribution in [0.25, 0.3) is 10.8 Å². The Kier molecular flexibility index (Phi) is 13.1. The van der Waals surface area contributed by atoms with Crippen LogP contribution < -0.4 is 29.7 Å². The normalized spacial score (nSPS) is 28.3. The van der Waals surface area contributed by atoms with Crippen LogP contribution in [0.3, 0.4) is 0 Å². The molecule has 62 heavy (non-hydrogen) atoms. The van der Waals surface area contributed by atoms with Crippen LogP contribution in [0.15, 0.2) is 36.4 Å². The van der Waals surface area contributed by atoms with Gasteiger partial charge in [0.15, 0.2) is 5.60 Å². The van der Waals surface area contributed by atoms with Crippen LogP contribution >= 0.6 is 0 Å². The number of nitrogens with one attached hydrogen (secondary N) is 3. The van der Waals surface area contributed by atoms with E-state index >= 15 is 0 Å². The highest BCUT2D eigenvalue weighted by Crippen LogP contribution is 2.48. The molecule has 7 atom stereocenters. The van der Waals surface area contributed by atoms with Crippen molar-refractivity contribution in [1.29, 1.82) is 0 Å². The summed E-state index contributed by atoms with van der Waals surface area (Å²) in [5, 5.41) is 6.69. The summed E-state index contributed by atoms with van der Waals surface area (Å²) in [6, 6.07) is 4.52. The summed E-state index contributed by atoms with van der Waals surface area (Å²) >= 11 is 0. The Labute approximate surface area is 360 Å². The van der Waals surface area contributed by atoms with Gasteiger partial charge in [0.25, 0.3) is 11.8 Å². The molecule has 0 spiro atoms. The molecular weight excluding hydrogens is 834 g/mol. The fourth-order valence-electron chi connectivity index (χ4n) is 8.15. The van der Waals surface area contributed by atoms with Crippen molar-refractivity contribution < 1.29 is 55.0 Å². The van der Waals surface area contributed by atoms with Gasteiger partial charge in [-0.1, -0.05) is 26.0 Å². The Bertz CT molecular complexity index is 2200. The van der Waals surface area contributed by atoms with Crippen LogP contribution in [0.4, 0.5) is 23.8 Å². The Balaban J connectivity index is 1.39. The number of amides is 4. The van der Waals surface area contributed by atoms with Crippen molar-refractivity contribution >= 4 is 50.4 Å². The topological polar surface area (TPSA) is 186 Å². The minimum absolute atomic E-state index is 0.0196. The maximum atomic E-state index is 15.0. The average molecular weight is 893 g/mol. The lowest BCUT2D eigenvalue weighted by Crippen LogP contribution is -2.60. The van der Waals surface area contributed by atoms with Crippen LogP contribution in [0.1, 0.15) is 86.5 Å². The van der Waals surface area contributed by atoms with Crippen molar-refractivity contribution in [2.24, 2.45) is 17.8 Å². The van der Waals surface area contributed by atoms with Gasteiger partial charge in [-0.05, 0) is 101 Å². The molecule has 2 saturated carbocycles. The van der Waals surface area contributed by atoms with E-state index in [4.69, 9.17) is 19.2 Å². The van der Waals surface area contributed by atoms with Gasteiger partial charge in [0, 0.05) is 38.2 Å². The zero-order valence-corrected chi connectivity index (χ0v) is 37.4. The number of ether oxygens (including phenoxy) is 3. The first-order chi connectivity index (χ1) is 29.0. The molecule has 3 N–H and O–H groups in total. The Morgan fingerprint density at radius 1 is 1.11 bits per heavy atom. The molecule has 15 nitrogen and oxygen atoms in total. The molecule has 1 aromatic heterocycles. The third kappa shape index (κ3) is 9.42. The number of alkyl halides is 3. The first kappa shape index (κ1) is 46.7. The molecule has 342 valence electrons. The van der Waals surface area contributed by atoms with Crippen LogP contribution in [-0.4, -0.2) is 116 Å². The van der Waals surface area contributed by atoms with Crippen LogP contribution in [0, 0.1) is 17.8 Å². The number of hydrogen-bond acceptors (Lipinski definition) is 11. The van der Waals surface area contributed by atoms with E-state index in [1.165, 1.54) is 4.90 Å². The molecule has 0 unspecified atom stereocenters. The lowest BCUT2D eigenvalue weighted by Gasteiger charge is -2.35. The van der Waals surface area contributed by atoms with Gasteiger partial charge in [0.05, 0.1) is 13.7 Å². The molecule has 2 aromatic rings. The molecule has 2 aliphatic carbocycles. The third-order valence-corrected chi connectivity index (χ3v) is 15.2. The number of carbonyl (C=O) groups is 4. The standard InChI is InChI=1S/C43H59F3N6O9S/c1-9-51(7)33-20-27-19-29(59-8)14-15-31(27)36(47-33)60-30-21-32-35(53)49-43(38(55)50-62(57,58)42(24-44)16-17-42)22-28(43)13-11-10-12-25(2)18-26(3)34(37(54)52(32)23-30)48-39(56)61-40(4,5)41(6,45)46/h11,13-15,19-20,25-26,28,30,32,34H,9-10,12,16-18,21-24H2,1-8H3,(H,48,56)(H,49,53)(H,50,55)/b13-11-/t25-,26+,28+,30+,32-,34-,43+/m0/s1. The summed E-state index contributed by atoms with van der Waals surface area (Å²) in [7, 11) is -1.05. The van der Waals surface area contributed by atoms with E-state index in [-0.39, 0.29) is 44.0 Å². The minimum Gasteiger partial charge on any atom is -0.497 e. The number of sulfonamides is 1. The van der Waals surface area contributed by atoms with Gasteiger partial charge < -0.3 is 34.6 Å². The molecule has 2 aliphatic heterocycles. The molecular formula is C43H59F3N6O9S. The van der Waals surface area contributed by atoms with Gasteiger partial charge >= 0.3 is 6.09 Å². The lowest BCUT2D eigenvalue weighted by atomic mass is 9.88. The highest BCUT2D eigenvalue weighted by molar-refractivity contribution is 7.91. The summed E-state index contributed by atoms with van der Waals surface area (Å²) in [6.45, 7) is 7.62. The van der Waals surface area contributed by atoms with Gasteiger partial charge in [-0.3, -0.25) is 19.1 Å². The number of anilines is 1. The number of nitrogens with zero attached hydrogens (tertiary/aromatic N) is 3. The number of benzene rings is 1. The van der Waals surface area contributed by atoms with Crippen molar-refractivity contribution in [2.75, 3.05) is 38.8 Å². The molecule has 1 saturated heterocycles. The summed E-state index contributed by atoms with van der Waals surface area (Å²) < 4.78 is 87.0. The number of carbonyl (C=O) groups excluding carboxylic acids is 4. The van der Waals surface area contributed by atoms with Gasteiger partial charge in [0.1, 0.15) is 46.7 Å². The lowest BCUT2D eigenvalue weighted by molar-refractivity contribution is -0.152. The number of alkyl carbamates (subject to hydrolysis) is 1. The average Bonchev–Trinajstić information content (AvgIpc) is 4.11. The molecule has 4 amide bonds. The number of allylic oxidation sites excluding steroid dienone is 1. The number of rotatable bonds is 12. The molecule has 3 heterocycles. The maximum Gasteiger partial charge on any atom is 0.408 e. The van der Waals surface area contributed by atoms with E-state index in [0.29, 0.717) is 49.7 Å². The van der Waals surface area contributed by atoms with Crippen molar-refractivity contribution in [2.45, 2.75) is 126 Å². The molecule has 1 aromatic carbocycles. The molecule has 19 heteroatoms. The minimum atomic E-state index is -4.45. The first-order valence-electron chi connectivity index (χ1n) is 21.2. The van der Waals surface area contributed by atoms with E-state index in [1.54, 1.807) is 32.2 Å². The number of aromatic nitrogens is 1. The second-order valence-corrected chi connectivity index (χ2v) is 20.2. The Morgan fingerprint density at radius 3 is 2.45 bits per heavy atom. The SMILES string of the molecule is CCN(C)c1cc2cc(OC)ccc2c(O[C@@H]2C[C@H]3C(=O)N[C@]4(C(=O)NS(=O)(=O)C5(CF)CC5)C[C@H]4/C=C\CC[C@H](C)C[C@@H](C)[C@H](NC(=O)OC(C)(C)C(C)(F)F)C(=O)N3C2)n1. The summed E-state index contributed by atoms with van der Waals surface area (Å²) in [6.07, 6.45) is 3.03. The van der Waals surface area contributed by atoms with E-state index < -0.39 is 92.3 Å². The number of hydrogen-bond donors (Lipinski definition) is 3. The monoisotopic (exact) mass is 892 g/mol. The first-order valence-corrected chi connectivity index (χ1v) is 22.6. The summed E-state index contributed by atoms with van der Waals surface area (Å²) in [5.74, 6) is -5.83. The number of pyridine rings is 1. The zero-order chi connectivity index (χ0) is 45.6. The van der Waals surface area contributed by atoms with Crippen molar-refractivity contribution in [3.05, 3.63) is 36.4 Å². The molecule has 3 fully saturated rings. The zero-order valence-electron chi connectivity index (χ0n) is 36.6. The van der Waals surface area contributed by atoms with E-state index in [2.05, 4.69) is 15.4 Å². The van der Waals surface area contributed by atoms with Gasteiger partial charge in [-0.2, -0.15) is 4.98 Å². The molecule has 0 bridgehead atoms.